The van der Waals surface area contributed by atoms with E-state index in [0.717, 1.165) is 4.57 Å². The van der Waals surface area contributed by atoms with E-state index in [4.69, 9.17) is 21.1 Å². The lowest BCUT2D eigenvalue weighted by atomic mass is 10.1. The highest BCUT2D eigenvalue weighted by Crippen LogP contribution is 2.37. The predicted octanol–water partition coefficient (Wildman–Crippen LogP) is 0.394. The van der Waals surface area contributed by atoms with Crippen LogP contribution in [-0.4, -0.2) is 67.8 Å². The maximum absolute atomic E-state index is 13.5. The Morgan fingerprint density at radius 2 is 1.76 bits per heavy atom. The Balaban J connectivity index is 1.68. The minimum Gasteiger partial charge on any atom is -0.496 e. The van der Waals surface area contributed by atoms with Gasteiger partial charge in [-0.15, -0.1) is 0 Å². The molecule has 1 aliphatic rings. The number of hydrazine groups is 1. The Morgan fingerprint density at radius 1 is 1.06 bits per heavy atom. The minimum atomic E-state index is -0.564. The second kappa shape index (κ2) is 8.86. The van der Waals surface area contributed by atoms with Gasteiger partial charge in [-0.3, -0.25) is 23.5 Å². The zero-order valence-corrected chi connectivity index (χ0v) is 19.8. The molecule has 1 aromatic carbocycles. The SMILES string of the molecule is COc1ccc(Cl)c(OC)c1C(=O)N1CCCN1C(=O)Cn1cnc2c1c(=O)n(C)c(=O)n2C. The summed E-state index contributed by atoms with van der Waals surface area (Å²) in [6.07, 6.45) is 1.89. The van der Waals surface area contributed by atoms with Crippen LogP contribution >= 0.6 is 11.6 Å². The van der Waals surface area contributed by atoms with Crippen molar-refractivity contribution in [2.24, 2.45) is 14.1 Å². The molecular weight excluding hydrogens is 468 g/mol. The highest BCUT2D eigenvalue weighted by molar-refractivity contribution is 6.32. The van der Waals surface area contributed by atoms with E-state index >= 15 is 0 Å². The molecule has 4 rings (SSSR count). The number of carbonyl (C=O) groups is 2. The third-order valence-corrected chi connectivity index (χ3v) is 6.08. The summed E-state index contributed by atoms with van der Waals surface area (Å²) in [7, 11) is 5.67. The molecule has 1 aliphatic heterocycles. The van der Waals surface area contributed by atoms with Gasteiger partial charge in [-0.1, -0.05) is 11.6 Å². The number of nitrogens with zero attached hydrogens (tertiary/aromatic N) is 6. The molecule has 0 saturated carbocycles. The summed E-state index contributed by atoms with van der Waals surface area (Å²) in [6, 6.07) is 3.11. The number of rotatable bonds is 5. The van der Waals surface area contributed by atoms with Gasteiger partial charge in [0.05, 0.1) is 25.6 Å². The zero-order chi connectivity index (χ0) is 24.7. The van der Waals surface area contributed by atoms with Crippen molar-refractivity contribution >= 4 is 34.6 Å². The summed E-state index contributed by atoms with van der Waals surface area (Å²) in [6.45, 7) is 0.348. The van der Waals surface area contributed by atoms with Crippen LogP contribution < -0.4 is 20.7 Å². The average molecular weight is 491 g/mol. The van der Waals surface area contributed by atoms with Crippen LogP contribution in [0.1, 0.15) is 16.8 Å². The van der Waals surface area contributed by atoms with Crippen molar-refractivity contribution in [1.29, 1.82) is 0 Å². The van der Waals surface area contributed by atoms with E-state index in [2.05, 4.69) is 4.98 Å². The van der Waals surface area contributed by atoms with Crippen LogP contribution in [0.25, 0.3) is 11.2 Å². The van der Waals surface area contributed by atoms with Crippen molar-refractivity contribution in [3.05, 3.63) is 49.9 Å². The first-order chi connectivity index (χ1) is 16.2. The molecule has 0 unspecified atom stereocenters. The van der Waals surface area contributed by atoms with E-state index < -0.39 is 23.1 Å². The lowest BCUT2D eigenvalue weighted by Gasteiger charge is -2.29. The lowest BCUT2D eigenvalue weighted by Crippen LogP contribution is -2.46. The van der Waals surface area contributed by atoms with Crippen molar-refractivity contribution in [1.82, 2.24) is 28.7 Å². The molecule has 0 spiro atoms. The Bertz CT molecular complexity index is 1420. The average Bonchev–Trinajstić information content (AvgIpc) is 3.48. The Morgan fingerprint density at radius 3 is 2.44 bits per heavy atom. The Kier molecular flexibility index (Phi) is 6.09. The van der Waals surface area contributed by atoms with E-state index in [1.807, 2.05) is 0 Å². The van der Waals surface area contributed by atoms with Crippen LogP contribution in [-0.2, 0) is 25.4 Å². The Labute approximate surface area is 198 Å². The number of amides is 2. The van der Waals surface area contributed by atoms with Crippen LogP contribution in [0.2, 0.25) is 5.02 Å². The van der Waals surface area contributed by atoms with Crippen molar-refractivity contribution < 1.29 is 19.1 Å². The third-order valence-electron chi connectivity index (χ3n) is 5.79. The summed E-state index contributed by atoms with van der Waals surface area (Å²) in [5.74, 6) is -0.525. The molecule has 0 aliphatic carbocycles. The fourth-order valence-electron chi connectivity index (χ4n) is 4.07. The summed E-state index contributed by atoms with van der Waals surface area (Å²) in [5, 5.41) is 2.86. The second-order valence-corrected chi connectivity index (χ2v) is 8.11. The number of hydrogen-bond donors (Lipinski definition) is 0. The predicted molar refractivity (Wildman–Crippen MR) is 122 cm³/mol. The normalized spacial score (nSPS) is 13.6. The molecule has 0 atom stereocenters. The molecule has 13 heteroatoms. The molecule has 180 valence electrons. The number of hydrogen-bond acceptors (Lipinski definition) is 7. The molecular formula is C21H23ClN6O6. The number of ether oxygens (including phenoxy) is 2. The standard InChI is InChI=1S/C21H23ClN6O6/c1-24-18-16(20(31)25(2)21(24)32)26(11-23-18)10-14(29)27-8-5-9-28(27)19(30)15-13(33-3)7-6-12(22)17(15)34-4/h6-7,11H,5,8-10H2,1-4H3. The molecule has 12 nitrogen and oxygen atoms in total. The van der Waals surface area contributed by atoms with Gasteiger partial charge in [0.2, 0.25) is 0 Å². The number of aromatic nitrogens is 4. The molecule has 3 heterocycles. The summed E-state index contributed by atoms with van der Waals surface area (Å²) >= 11 is 6.21. The molecule has 3 aromatic rings. The number of fused-ring (bicyclic) bond motifs is 1. The second-order valence-electron chi connectivity index (χ2n) is 7.71. The Hall–Kier alpha value is -3.80. The summed E-state index contributed by atoms with van der Waals surface area (Å²) < 4.78 is 14.2. The molecule has 34 heavy (non-hydrogen) atoms. The van der Waals surface area contributed by atoms with E-state index in [1.54, 1.807) is 12.1 Å². The number of carbonyl (C=O) groups excluding carboxylic acids is 2. The maximum Gasteiger partial charge on any atom is 0.332 e. The molecule has 2 amide bonds. The van der Waals surface area contributed by atoms with Crippen molar-refractivity contribution in [3.8, 4) is 11.5 Å². The first-order valence-corrected chi connectivity index (χ1v) is 10.7. The van der Waals surface area contributed by atoms with E-state index in [1.165, 1.54) is 53.8 Å². The third kappa shape index (κ3) is 3.59. The first-order valence-electron chi connectivity index (χ1n) is 10.3. The number of halogens is 1. The van der Waals surface area contributed by atoms with Gasteiger partial charge in [-0.2, -0.15) is 0 Å². The van der Waals surface area contributed by atoms with Crippen molar-refractivity contribution in [2.75, 3.05) is 27.3 Å². The van der Waals surface area contributed by atoms with Crippen LogP contribution in [0, 0.1) is 0 Å². The van der Waals surface area contributed by atoms with Gasteiger partial charge in [-0.05, 0) is 18.6 Å². The topological polar surface area (TPSA) is 121 Å². The zero-order valence-electron chi connectivity index (χ0n) is 19.1. The van der Waals surface area contributed by atoms with E-state index in [-0.39, 0.29) is 39.8 Å². The van der Waals surface area contributed by atoms with E-state index in [9.17, 15) is 19.2 Å². The maximum atomic E-state index is 13.5. The summed E-state index contributed by atoms with van der Waals surface area (Å²) in [4.78, 5) is 55.7. The van der Waals surface area contributed by atoms with Crippen molar-refractivity contribution in [3.63, 3.8) is 0 Å². The van der Waals surface area contributed by atoms with Crippen molar-refractivity contribution in [2.45, 2.75) is 13.0 Å². The summed E-state index contributed by atoms with van der Waals surface area (Å²) in [5.41, 5.74) is -0.688. The van der Waals surface area contributed by atoms with Crippen LogP contribution in [0.5, 0.6) is 11.5 Å². The van der Waals surface area contributed by atoms with Gasteiger partial charge in [0.25, 0.3) is 17.4 Å². The smallest absolute Gasteiger partial charge is 0.332 e. The monoisotopic (exact) mass is 490 g/mol. The lowest BCUT2D eigenvalue weighted by molar-refractivity contribution is -0.141. The number of aryl methyl sites for hydroxylation is 1. The fraction of sp³-hybridized carbons (Fsp3) is 0.381. The van der Waals surface area contributed by atoms with Gasteiger partial charge >= 0.3 is 5.69 Å². The van der Waals surface area contributed by atoms with Gasteiger partial charge in [0, 0.05) is 27.2 Å². The van der Waals surface area contributed by atoms with Crippen LogP contribution in [0.4, 0.5) is 0 Å². The molecule has 2 aromatic heterocycles. The van der Waals surface area contributed by atoms with Gasteiger partial charge < -0.3 is 14.0 Å². The van der Waals surface area contributed by atoms with E-state index in [0.29, 0.717) is 19.5 Å². The molecule has 1 fully saturated rings. The highest BCUT2D eigenvalue weighted by atomic mass is 35.5. The largest absolute Gasteiger partial charge is 0.496 e. The molecule has 1 saturated heterocycles. The van der Waals surface area contributed by atoms with Crippen LogP contribution in [0.3, 0.4) is 0 Å². The number of methoxy groups -OCH3 is 2. The van der Waals surface area contributed by atoms with Gasteiger partial charge in [-0.25, -0.2) is 19.8 Å². The van der Waals surface area contributed by atoms with Gasteiger partial charge in [0.1, 0.15) is 17.9 Å². The van der Waals surface area contributed by atoms with Gasteiger partial charge in [0.15, 0.2) is 16.9 Å². The minimum absolute atomic E-state index is 0.106. The fourth-order valence-corrected chi connectivity index (χ4v) is 4.30. The molecule has 0 bridgehead atoms. The quantitative estimate of drug-likeness (QED) is 0.507. The molecule has 0 radical (unpaired) electrons. The van der Waals surface area contributed by atoms with Crippen LogP contribution in [0.15, 0.2) is 28.0 Å². The first kappa shape index (κ1) is 23.4. The number of benzene rings is 1. The molecule has 0 N–H and O–H groups in total. The highest BCUT2D eigenvalue weighted by Gasteiger charge is 2.35. The number of imidazole rings is 1.